The van der Waals surface area contributed by atoms with Crippen LogP contribution in [0.3, 0.4) is 0 Å². The fourth-order valence-electron chi connectivity index (χ4n) is 1.45. The first-order valence-electron chi connectivity index (χ1n) is 5.82. The van der Waals surface area contributed by atoms with Crippen LogP contribution in [0.1, 0.15) is 18.9 Å². The van der Waals surface area contributed by atoms with E-state index in [4.69, 9.17) is 16.7 Å². The van der Waals surface area contributed by atoms with E-state index in [1.54, 1.807) is 0 Å². The van der Waals surface area contributed by atoms with Crippen molar-refractivity contribution in [2.75, 3.05) is 5.32 Å². The Bertz CT molecular complexity index is 549. The molecule has 0 saturated carbocycles. The van der Waals surface area contributed by atoms with Crippen molar-refractivity contribution in [1.82, 2.24) is 5.32 Å². The quantitative estimate of drug-likeness (QED) is 0.794. The summed E-state index contributed by atoms with van der Waals surface area (Å²) in [6.45, 7) is 1.54. The van der Waals surface area contributed by atoms with Gasteiger partial charge in [-0.25, -0.2) is 9.59 Å². The molecular weight excluding hydrogens is 313 g/mol. The van der Waals surface area contributed by atoms with Gasteiger partial charge in [-0.1, -0.05) is 18.5 Å². The first-order chi connectivity index (χ1) is 9.65. The summed E-state index contributed by atoms with van der Waals surface area (Å²) in [6, 6.07) is 0.343. The van der Waals surface area contributed by atoms with Gasteiger partial charge in [-0.15, -0.1) is 0 Å². The lowest BCUT2D eigenvalue weighted by Crippen LogP contribution is -2.42. The molecule has 3 N–H and O–H groups in total. The van der Waals surface area contributed by atoms with E-state index >= 15 is 0 Å². The Morgan fingerprint density at radius 3 is 2.48 bits per heavy atom. The first kappa shape index (κ1) is 17.1. The number of halogens is 4. The van der Waals surface area contributed by atoms with Crippen LogP contribution in [0.4, 0.5) is 23.7 Å². The SMILES string of the molecule is CC[C@@H](NC(=O)Nc1cc(C(F)(F)F)ccc1Cl)C(=O)O. The van der Waals surface area contributed by atoms with Gasteiger partial charge in [0.1, 0.15) is 6.04 Å². The molecule has 0 aromatic heterocycles. The molecule has 2 amide bonds. The van der Waals surface area contributed by atoms with Crippen molar-refractivity contribution < 1.29 is 27.9 Å². The van der Waals surface area contributed by atoms with Crippen LogP contribution in [0.2, 0.25) is 5.02 Å². The highest BCUT2D eigenvalue weighted by Gasteiger charge is 2.31. The first-order valence-corrected chi connectivity index (χ1v) is 6.20. The lowest BCUT2D eigenvalue weighted by Gasteiger charge is -2.15. The lowest BCUT2D eigenvalue weighted by atomic mass is 10.2. The Hall–Kier alpha value is -1.96. The normalized spacial score (nSPS) is 12.6. The van der Waals surface area contributed by atoms with Crippen LogP contribution >= 0.6 is 11.6 Å². The maximum absolute atomic E-state index is 12.6. The molecule has 0 aliphatic heterocycles. The van der Waals surface area contributed by atoms with Gasteiger partial charge >= 0.3 is 18.2 Å². The molecule has 0 bridgehead atoms. The second kappa shape index (κ2) is 6.66. The minimum absolute atomic E-state index is 0.0958. The number of nitrogens with one attached hydrogen (secondary N) is 2. The van der Waals surface area contributed by atoms with Gasteiger partial charge in [0, 0.05) is 0 Å². The second-order valence-electron chi connectivity index (χ2n) is 4.09. The molecule has 0 heterocycles. The summed E-state index contributed by atoms with van der Waals surface area (Å²) in [5, 5.41) is 12.9. The van der Waals surface area contributed by atoms with Gasteiger partial charge in [0.25, 0.3) is 0 Å². The second-order valence-corrected chi connectivity index (χ2v) is 4.50. The molecule has 21 heavy (non-hydrogen) atoms. The van der Waals surface area contributed by atoms with E-state index in [0.29, 0.717) is 6.07 Å². The molecule has 0 spiro atoms. The van der Waals surface area contributed by atoms with E-state index in [2.05, 4.69) is 10.6 Å². The molecule has 1 rings (SSSR count). The maximum Gasteiger partial charge on any atom is 0.416 e. The number of carbonyl (C=O) groups excluding carboxylic acids is 1. The predicted molar refractivity (Wildman–Crippen MR) is 70.3 cm³/mol. The number of rotatable bonds is 4. The summed E-state index contributed by atoms with van der Waals surface area (Å²) in [7, 11) is 0. The Kier molecular flexibility index (Phi) is 5.42. The summed E-state index contributed by atoms with van der Waals surface area (Å²) < 4.78 is 37.7. The molecular formula is C12H12ClF3N2O3. The van der Waals surface area contributed by atoms with Gasteiger partial charge < -0.3 is 15.7 Å². The third-order valence-corrected chi connectivity index (χ3v) is 2.88. The van der Waals surface area contributed by atoms with Crippen molar-refractivity contribution in [3.8, 4) is 0 Å². The minimum Gasteiger partial charge on any atom is -0.480 e. The summed E-state index contributed by atoms with van der Waals surface area (Å²) in [4.78, 5) is 22.3. The van der Waals surface area contributed by atoms with E-state index in [1.807, 2.05) is 0 Å². The number of hydrogen-bond donors (Lipinski definition) is 3. The van der Waals surface area contributed by atoms with E-state index in [1.165, 1.54) is 6.92 Å². The molecule has 0 fully saturated rings. The number of anilines is 1. The van der Waals surface area contributed by atoms with Gasteiger partial charge in [-0.05, 0) is 24.6 Å². The van der Waals surface area contributed by atoms with Crippen molar-refractivity contribution in [3.05, 3.63) is 28.8 Å². The highest BCUT2D eigenvalue weighted by atomic mass is 35.5. The molecule has 1 aromatic rings. The molecule has 1 atom stereocenters. The van der Waals surface area contributed by atoms with Crippen LogP contribution in [-0.4, -0.2) is 23.1 Å². The number of amides is 2. The fourth-order valence-corrected chi connectivity index (χ4v) is 1.62. The van der Waals surface area contributed by atoms with Gasteiger partial charge in [-0.3, -0.25) is 0 Å². The zero-order chi connectivity index (χ0) is 16.2. The van der Waals surface area contributed by atoms with Crippen molar-refractivity contribution in [2.24, 2.45) is 0 Å². The largest absolute Gasteiger partial charge is 0.480 e. The van der Waals surface area contributed by atoms with Crippen LogP contribution in [0.25, 0.3) is 0 Å². The molecule has 116 valence electrons. The van der Waals surface area contributed by atoms with Crippen molar-refractivity contribution >= 4 is 29.3 Å². The molecule has 9 heteroatoms. The number of alkyl halides is 3. The Balaban J connectivity index is 2.87. The number of carbonyl (C=O) groups is 2. The number of urea groups is 1. The van der Waals surface area contributed by atoms with E-state index < -0.39 is 29.8 Å². The smallest absolute Gasteiger partial charge is 0.416 e. The number of carboxylic acid groups (broad SMARTS) is 1. The van der Waals surface area contributed by atoms with Crippen molar-refractivity contribution in [2.45, 2.75) is 25.6 Å². The Labute approximate surface area is 123 Å². The van der Waals surface area contributed by atoms with Crippen molar-refractivity contribution in [1.29, 1.82) is 0 Å². The number of hydrogen-bond acceptors (Lipinski definition) is 2. The van der Waals surface area contributed by atoms with Gasteiger partial charge in [0.2, 0.25) is 0 Å². The van der Waals surface area contributed by atoms with Crippen LogP contribution in [0, 0.1) is 0 Å². The van der Waals surface area contributed by atoms with Gasteiger partial charge in [-0.2, -0.15) is 13.2 Å². The standard InChI is InChI=1S/C12H12ClF3N2O3/c1-2-8(10(19)20)17-11(21)18-9-5-6(12(14,15)16)3-4-7(9)13/h3-5,8H,2H2,1H3,(H,19,20)(H2,17,18,21)/t8-/m1/s1. The Morgan fingerprint density at radius 2 is 2.00 bits per heavy atom. The molecule has 0 aliphatic carbocycles. The van der Waals surface area contributed by atoms with E-state index in [-0.39, 0.29) is 17.1 Å². The predicted octanol–water partition coefficient (Wildman–Crippen LogP) is 3.34. The highest BCUT2D eigenvalue weighted by Crippen LogP contribution is 2.33. The number of aliphatic carboxylic acids is 1. The third-order valence-electron chi connectivity index (χ3n) is 2.55. The number of benzene rings is 1. The van der Waals surface area contributed by atoms with Crippen LogP contribution in [-0.2, 0) is 11.0 Å². The average Bonchev–Trinajstić information content (AvgIpc) is 2.36. The van der Waals surface area contributed by atoms with E-state index in [9.17, 15) is 22.8 Å². The fraction of sp³-hybridized carbons (Fsp3) is 0.333. The zero-order valence-corrected chi connectivity index (χ0v) is 11.5. The summed E-state index contributed by atoms with van der Waals surface area (Å²) in [5.74, 6) is -1.25. The van der Waals surface area contributed by atoms with Gasteiger partial charge in [0.05, 0.1) is 16.3 Å². The molecule has 1 aromatic carbocycles. The monoisotopic (exact) mass is 324 g/mol. The average molecular weight is 325 g/mol. The molecule has 0 unspecified atom stereocenters. The molecule has 0 aliphatic rings. The Morgan fingerprint density at radius 1 is 1.38 bits per heavy atom. The lowest BCUT2D eigenvalue weighted by molar-refractivity contribution is -0.139. The summed E-state index contributed by atoms with van der Waals surface area (Å²) >= 11 is 5.70. The third kappa shape index (κ3) is 4.82. The summed E-state index contributed by atoms with van der Waals surface area (Å²) in [5.41, 5.74) is -1.24. The maximum atomic E-state index is 12.6. The molecule has 5 nitrogen and oxygen atoms in total. The highest BCUT2D eigenvalue weighted by molar-refractivity contribution is 6.33. The van der Waals surface area contributed by atoms with Crippen molar-refractivity contribution in [3.63, 3.8) is 0 Å². The number of carboxylic acids is 1. The van der Waals surface area contributed by atoms with E-state index in [0.717, 1.165) is 12.1 Å². The zero-order valence-electron chi connectivity index (χ0n) is 10.8. The van der Waals surface area contributed by atoms with Crippen LogP contribution < -0.4 is 10.6 Å². The van der Waals surface area contributed by atoms with Gasteiger partial charge in [0.15, 0.2) is 0 Å². The topological polar surface area (TPSA) is 78.4 Å². The van der Waals surface area contributed by atoms with Crippen LogP contribution in [0.5, 0.6) is 0 Å². The van der Waals surface area contributed by atoms with Crippen LogP contribution in [0.15, 0.2) is 18.2 Å². The molecule has 0 radical (unpaired) electrons. The molecule has 0 saturated heterocycles. The minimum atomic E-state index is -4.58. The summed E-state index contributed by atoms with van der Waals surface area (Å²) in [6.07, 6.45) is -4.45.